The average Bonchev–Trinajstić information content (AvgIpc) is 3.50. The highest BCUT2D eigenvalue weighted by molar-refractivity contribution is 5.83. The smallest absolute Gasteiger partial charge is 0.407 e. The van der Waals surface area contributed by atoms with E-state index in [2.05, 4.69) is 25.3 Å². The van der Waals surface area contributed by atoms with E-state index in [4.69, 9.17) is 15.2 Å². The lowest BCUT2D eigenvalue weighted by Crippen LogP contribution is -2.36. The molecule has 4 aromatic rings. The Bertz CT molecular complexity index is 1400. The molecule has 0 radical (unpaired) electrons. The second kappa shape index (κ2) is 8.78. The zero-order valence-corrected chi connectivity index (χ0v) is 17.8. The summed E-state index contributed by atoms with van der Waals surface area (Å²) in [5.74, 6) is -0.128. The number of alkyl carbamates (subject to hydrolysis) is 1. The number of hydrogen-bond donors (Lipinski definition) is 6. The van der Waals surface area contributed by atoms with Gasteiger partial charge in [-0.05, 0) is 18.1 Å². The molecule has 0 unspecified atom stereocenters. The number of fused-ring (bicyclic) bond motifs is 2. The lowest BCUT2D eigenvalue weighted by molar-refractivity contribution is -0.0533. The Kier molecular flexibility index (Phi) is 5.65. The number of nitrogens with one attached hydrogen (secondary N) is 3. The van der Waals surface area contributed by atoms with Crippen molar-refractivity contribution < 1.29 is 24.5 Å². The summed E-state index contributed by atoms with van der Waals surface area (Å²) in [6.45, 7) is 0.0547. The lowest BCUT2D eigenvalue weighted by atomic mass is 10.1. The van der Waals surface area contributed by atoms with Gasteiger partial charge >= 0.3 is 6.09 Å². The number of hydrogen-bond acceptors (Lipinski definition) is 9. The summed E-state index contributed by atoms with van der Waals surface area (Å²) in [6, 6.07) is 7.88. The summed E-state index contributed by atoms with van der Waals surface area (Å²) < 4.78 is 12.2. The minimum atomic E-state index is -1.38. The summed E-state index contributed by atoms with van der Waals surface area (Å²) in [5.41, 5.74) is 7.24. The molecule has 7 N–H and O–H groups in total. The largest absolute Gasteiger partial charge is 0.447 e. The van der Waals surface area contributed by atoms with Crippen molar-refractivity contribution in [3.8, 4) is 0 Å². The molecule has 13 heteroatoms. The first-order valence-electron chi connectivity index (χ1n) is 10.6. The van der Waals surface area contributed by atoms with Gasteiger partial charge in [-0.25, -0.2) is 9.78 Å². The molecule has 34 heavy (non-hydrogen) atoms. The first-order chi connectivity index (χ1) is 16.4. The van der Waals surface area contributed by atoms with Crippen molar-refractivity contribution in [2.75, 3.05) is 18.9 Å². The first kappa shape index (κ1) is 21.9. The van der Waals surface area contributed by atoms with Gasteiger partial charge in [-0.1, -0.05) is 18.2 Å². The molecule has 0 bridgehead atoms. The number of anilines is 1. The van der Waals surface area contributed by atoms with Crippen LogP contribution in [0.1, 0.15) is 11.8 Å². The number of aromatic nitrogens is 5. The third-order valence-electron chi connectivity index (χ3n) is 5.78. The number of carbonyl (C=O) groups excluding carboxylic acids is 1. The number of carbonyl (C=O) groups is 1. The lowest BCUT2D eigenvalue weighted by Gasteiger charge is -2.16. The summed E-state index contributed by atoms with van der Waals surface area (Å²) in [4.78, 5) is 37.6. The number of nitrogens with zero attached hydrogens (tertiary/aromatic N) is 3. The Morgan fingerprint density at radius 2 is 2.12 bits per heavy atom. The molecule has 1 aromatic carbocycles. The van der Waals surface area contributed by atoms with Gasteiger partial charge in [0.05, 0.1) is 6.33 Å². The average molecular weight is 469 g/mol. The maximum absolute atomic E-state index is 12.1. The monoisotopic (exact) mass is 469 g/mol. The molecule has 1 aliphatic rings. The van der Waals surface area contributed by atoms with Gasteiger partial charge in [0.2, 0.25) is 5.95 Å². The molecular weight excluding hydrogens is 446 g/mol. The predicted molar refractivity (Wildman–Crippen MR) is 120 cm³/mol. The second-order valence-corrected chi connectivity index (χ2v) is 7.96. The van der Waals surface area contributed by atoms with Gasteiger partial charge in [0, 0.05) is 23.6 Å². The van der Waals surface area contributed by atoms with Crippen LogP contribution in [-0.2, 0) is 15.9 Å². The van der Waals surface area contributed by atoms with Gasteiger partial charge < -0.3 is 35.7 Å². The third kappa shape index (κ3) is 3.96. The Hall–Kier alpha value is -3.94. The van der Waals surface area contributed by atoms with Crippen molar-refractivity contribution in [2.45, 2.75) is 31.0 Å². The fourth-order valence-corrected chi connectivity index (χ4v) is 4.07. The molecule has 4 atom stereocenters. The highest BCUT2D eigenvalue weighted by atomic mass is 16.6. The number of aliphatic hydroxyl groups excluding tert-OH is 2. The number of rotatable bonds is 6. The van der Waals surface area contributed by atoms with E-state index < -0.39 is 36.2 Å². The third-order valence-corrected chi connectivity index (χ3v) is 5.78. The van der Waals surface area contributed by atoms with Crippen molar-refractivity contribution in [3.63, 3.8) is 0 Å². The van der Waals surface area contributed by atoms with E-state index in [1.165, 1.54) is 10.9 Å². The summed E-state index contributed by atoms with van der Waals surface area (Å²) in [6.07, 6.45) is -1.75. The van der Waals surface area contributed by atoms with Crippen LogP contribution in [-0.4, -0.2) is 72.3 Å². The van der Waals surface area contributed by atoms with E-state index in [1.54, 1.807) is 0 Å². The first-order valence-corrected chi connectivity index (χ1v) is 10.6. The van der Waals surface area contributed by atoms with Crippen LogP contribution in [0.3, 0.4) is 0 Å². The predicted octanol–water partition coefficient (Wildman–Crippen LogP) is -0.229. The maximum atomic E-state index is 12.1. The summed E-state index contributed by atoms with van der Waals surface area (Å²) >= 11 is 0. The van der Waals surface area contributed by atoms with Gasteiger partial charge in [-0.15, -0.1) is 0 Å². The van der Waals surface area contributed by atoms with Crippen LogP contribution in [0.2, 0.25) is 0 Å². The highest BCUT2D eigenvalue weighted by Gasteiger charge is 2.45. The Morgan fingerprint density at radius 3 is 2.97 bits per heavy atom. The number of aromatic amines is 2. The number of amides is 1. The molecule has 1 aliphatic heterocycles. The number of aliphatic hydroxyl groups is 2. The number of ether oxygens (including phenoxy) is 2. The molecule has 4 heterocycles. The Balaban J connectivity index is 1.17. The normalized spacial score (nSPS) is 22.4. The zero-order valence-electron chi connectivity index (χ0n) is 17.8. The van der Waals surface area contributed by atoms with E-state index in [0.717, 1.165) is 16.5 Å². The van der Waals surface area contributed by atoms with Gasteiger partial charge in [-0.2, -0.15) is 4.98 Å². The van der Waals surface area contributed by atoms with Crippen molar-refractivity contribution in [2.24, 2.45) is 0 Å². The number of para-hydroxylation sites is 1. The zero-order chi connectivity index (χ0) is 23.8. The summed E-state index contributed by atoms with van der Waals surface area (Å²) in [7, 11) is 0. The minimum absolute atomic E-state index is 0.00812. The quantitative estimate of drug-likeness (QED) is 0.221. The number of nitrogen functional groups attached to an aromatic ring is 1. The molecule has 13 nitrogen and oxygen atoms in total. The fraction of sp³-hybridized carbons (Fsp3) is 0.333. The Labute approximate surface area is 191 Å². The Morgan fingerprint density at radius 1 is 1.29 bits per heavy atom. The second-order valence-electron chi connectivity index (χ2n) is 7.96. The molecule has 5 rings (SSSR count). The SMILES string of the molecule is Nc1nc2c(ncn2[C@@H]2O[C@H](COC(=O)NCCc3c[nH]c4ccccc34)[C@@H](O)[C@H]2O)c(=O)[nH]1. The van der Waals surface area contributed by atoms with Gasteiger partial charge in [0.25, 0.3) is 5.56 Å². The van der Waals surface area contributed by atoms with Crippen LogP contribution in [0.4, 0.5) is 10.7 Å². The molecule has 0 saturated carbocycles. The van der Waals surface area contributed by atoms with E-state index in [0.29, 0.717) is 13.0 Å². The maximum Gasteiger partial charge on any atom is 0.407 e. The topological polar surface area (TPSA) is 193 Å². The molecule has 178 valence electrons. The van der Waals surface area contributed by atoms with Crippen molar-refractivity contribution >= 4 is 34.1 Å². The minimum Gasteiger partial charge on any atom is -0.447 e. The van der Waals surface area contributed by atoms with Gasteiger partial charge in [0.1, 0.15) is 24.9 Å². The molecule has 1 amide bonds. The standard InChI is InChI=1S/C21H23N7O6/c22-20-26-17-14(18(31)27-20)25-9-28(17)19-16(30)15(29)13(34-19)8-33-21(32)23-6-5-10-7-24-12-4-2-1-3-11(10)12/h1-4,7,9,13,15-16,19,24,29-30H,5-6,8H2,(H,23,32)(H3,22,26,27,31)/t13-,15-,16-,19-/m1/s1. The van der Waals surface area contributed by atoms with E-state index >= 15 is 0 Å². The van der Waals surface area contributed by atoms with Crippen LogP contribution in [0.25, 0.3) is 22.1 Å². The molecule has 0 aliphatic carbocycles. The van der Waals surface area contributed by atoms with E-state index in [9.17, 15) is 19.8 Å². The van der Waals surface area contributed by atoms with Gasteiger partial charge in [0.15, 0.2) is 17.4 Å². The highest BCUT2D eigenvalue weighted by Crippen LogP contribution is 2.31. The van der Waals surface area contributed by atoms with Crippen LogP contribution in [0.5, 0.6) is 0 Å². The number of H-pyrrole nitrogens is 2. The fourth-order valence-electron chi connectivity index (χ4n) is 4.07. The molecule has 0 spiro atoms. The van der Waals surface area contributed by atoms with Crippen molar-refractivity contribution in [1.29, 1.82) is 0 Å². The molecule has 1 fully saturated rings. The van der Waals surface area contributed by atoms with E-state index in [1.807, 2.05) is 30.5 Å². The molecular formula is C21H23N7O6. The van der Waals surface area contributed by atoms with Gasteiger partial charge in [-0.3, -0.25) is 14.3 Å². The van der Waals surface area contributed by atoms with Crippen molar-refractivity contribution in [1.82, 2.24) is 29.8 Å². The van der Waals surface area contributed by atoms with Crippen LogP contribution in [0, 0.1) is 0 Å². The number of imidazole rings is 1. The van der Waals surface area contributed by atoms with E-state index in [-0.39, 0.29) is 23.7 Å². The summed E-state index contributed by atoms with van der Waals surface area (Å²) in [5, 5.41) is 24.6. The van der Waals surface area contributed by atoms with Crippen LogP contribution in [0.15, 0.2) is 41.6 Å². The molecule has 1 saturated heterocycles. The molecule has 3 aromatic heterocycles. The van der Waals surface area contributed by atoms with Crippen LogP contribution >= 0.6 is 0 Å². The number of benzene rings is 1. The van der Waals surface area contributed by atoms with Crippen molar-refractivity contribution in [3.05, 3.63) is 52.7 Å². The van der Waals surface area contributed by atoms with Crippen LogP contribution < -0.4 is 16.6 Å². The number of nitrogens with two attached hydrogens (primary N) is 1.